The molecule has 1 unspecified atom stereocenters. The number of hydrogen-bond acceptors (Lipinski definition) is 0. The standard InChI is InChI=1S/C24H36.C9H18.C9H17.CH3.Fe/c1-23(2,3)21-15-17-7-11-19(21)13-9-18-8-12-20(14-10-17)22(16-18)24(4,5)6;2*1-9(2,3)8-6-4-5-7-8;;/h7-8,11,16-17,20H,9-10,12-15H2,1-6H3;8H,4-7H2,1-3H3;6,8H,4-5,7H2,1-3H3;1H3;/q;;2*-1;+2/t17-,20+;;;;/m0..../s1. The Kier molecular flexibility index (Phi) is 16.1. The quantitative estimate of drug-likeness (QED) is 0.181. The molecule has 0 saturated heterocycles. The summed E-state index contributed by atoms with van der Waals surface area (Å²) >= 11 is 0. The molecule has 0 N–H and O–H groups in total. The van der Waals surface area contributed by atoms with Crippen LogP contribution >= 0.6 is 0 Å². The second-order valence-corrected chi connectivity index (χ2v) is 18.7. The average molecular weight is 647 g/mol. The van der Waals surface area contributed by atoms with Crippen LogP contribution in [0.15, 0.2) is 46.6 Å². The first kappa shape index (κ1) is 41.5. The molecule has 0 heterocycles. The van der Waals surface area contributed by atoms with Gasteiger partial charge < -0.3 is 13.8 Å². The van der Waals surface area contributed by atoms with Gasteiger partial charge in [0.15, 0.2) is 0 Å². The fourth-order valence-corrected chi connectivity index (χ4v) is 8.16. The molecular weight excluding hydrogens is 572 g/mol. The summed E-state index contributed by atoms with van der Waals surface area (Å²) in [5, 5.41) is 0. The van der Waals surface area contributed by atoms with Gasteiger partial charge in [-0.25, -0.2) is 0 Å². The van der Waals surface area contributed by atoms with Gasteiger partial charge in [-0.05, 0) is 90.9 Å². The van der Waals surface area contributed by atoms with Crippen molar-refractivity contribution in [2.75, 3.05) is 0 Å². The molecule has 3 atom stereocenters. The maximum atomic E-state index is 2.56. The molecule has 1 heteroatoms. The van der Waals surface area contributed by atoms with Crippen molar-refractivity contribution >= 4 is 0 Å². The van der Waals surface area contributed by atoms with Gasteiger partial charge >= 0.3 is 17.1 Å². The topological polar surface area (TPSA) is 0 Å². The van der Waals surface area contributed by atoms with E-state index in [0.717, 1.165) is 23.7 Å². The third-order valence-corrected chi connectivity index (χ3v) is 11.1. The van der Waals surface area contributed by atoms with Crippen molar-refractivity contribution in [3.63, 3.8) is 0 Å². The molecule has 0 amide bonds. The molecule has 8 aliphatic rings. The molecule has 0 spiro atoms. The normalized spacial score (nSPS) is 26.1. The number of allylic oxidation sites excluding steroid dienone is 8. The van der Waals surface area contributed by atoms with E-state index in [2.05, 4.69) is 114 Å². The van der Waals surface area contributed by atoms with Crippen LogP contribution in [0.25, 0.3) is 0 Å². The van der Waals surface area contributed by atoms with Crippen molar-refractivity contribution in [1.29, 1.82) is 0 Å². The molecule has 0 aromatic rings. The van der Waals surface area contributed by atoms with E-state index in [4.69, 9.17) is 0 Å². The summed E-state index contributed by atoms with van der Waals surface area (Å²) in [5.41, 5.74) is 8.33. The average Bonchev–Trinajstić information content (AvgIpc) is 3.60. The van der Waals surface area contributed by atoms with Crippen molar-refractivity contribution in [3.8, 4) is 0 Å². The van der Waals surface area contributed by atoms with E-state index in [1.54, 1.807) is 22.3 Å². The summed E-state index contributed by atoms with van der Waals surface area (Å²) in [5.74, 6) is 3.40. The van der Waals surface area contributed by atoms with Crippen molar-refractivity contribution in [2.24, 2.45) is 45.3 Å². The van der Waals surface area contributed by atoms with Crippen molar-refractivity contribution < 1.29 is 17.1 Å². The van der Waals surface area contributed by atoms with E-state index in [0.29, 0.717) is 21.7 Å². The van der Waals surface area contributed by atoms with Gasteiger partial charge in [-0.1, -0.05) is 155 Å². The summed E-state index contributed by atoms with van der Waals surface area (Å²) in [6.45, 7) is 28.5. The van der Waals surface area contributed by atoms with Crippen LogP contribution in [0.5, 0.6) is 0 Å². The van der Waals surface area contributed by atoms with E-state index in [9.17, 15) is 0 Å². The van der Waals surface area contributed by atoms with Gasteiger partial charge in [0.2, 0.25) is 0 Å². The Morgan fingerprint density at radius 1 is 0.705 bits per heavy atom. The van der Waals surface area contributed by atoms with E-state index >= 15 is 0 Å². The van der Waals surface area contributed by atoms with Crippen LogP contribution in [0.4, 0.5) is 0 Å². The van der Waals surface area contributed by atoms with Crippen LogP contribution in [-0.4, -0.2) is 0 Å². The van der Waals surface area contributed by atoms with E-state index in [1.165, 1.54) is 83.5 Å². The van der Waals surface area contributed by atoms with Crippen LogP contribution in [0.3, 0.4) is 0 Å². The molecule has 0 nitrogen and oxygen atoms in total. The summed E-state index contributed by atoms with van der Waals surface area (Å²) < 4.78 is 0. The van der Waals surface area contributed by atoms with Gasteiger partial charge in [0.25, 0.3) is 0 Å². The van der Waals surface area contributed by atoms with Crippen LogP contribution < -0.4 is 0 Å². The van der Waals surface area contributed by atoms with Gasteiger partial charge in [-0.3, -0.25) is 0 Å². The van der Waals surface area contributed by atoms with Gasteiger partial charge in [-0.15, -0.1) is 0 Å². The Hall–Kier alpha value is -0.521. The molecule has 44 heavy (non-hydrogen) atoms. The van der Waals surface area contributed by atoms with E-state index < -0.39 is 0 Å². The van der Waals surface area contributed by atoms with Crippen LogP contribution in [-0.2, 0) is 17.1 Å². The largest absolute Gasteiger partial charge is 2.00 e. The predicted molar refractivity (Wildman–Crippen MR) is 195 cm³/mol. The molecule has 0 aromatic heterocycles. The Labute approximate surface area is 288 Å². The van der Waals surface area contributed by atoms with Gasteiger partial charge in [0, 0.05) is 0 Å². The Bertz CT molecular complexity index is 949. The van der Waals surface area contributed by atoms with Crippen LogP contribution in [0.2, 0.25) is 0 Å². The molecule has 0 radical (unpaired) electrons. The number of hydrogen-bond donors (Lipinski definition) is 0. The smallest absolute Gasteiger partial charge is 0.358 e. The third kappa shape index (κ3) is 12.6. The molecule has 2 saturated carbocycles. The van der Waals surface area contributed by atoms with Gasteiger partial charge in [0.1, 0.15) is 0 Å². The first-order chi connectivity index (χ1) is 19.4. The van der Waals surface area contributed by atoms with Crippen molar-refractivity contribution in [2.45, 2.75) is 167 Å². The van der Waals surface area contributed by atoms with Gasteiger partial charge in [0.05, 0.1) is 0 Å². The minimum Gasteiger partial charge on any atom is -0.358 e. The Morgan fingerprint density at radius 3 is 1.80 bits per heavy atom. The van der Waals surface area contributed by atoms with E-state index in [-0.39, 0.29) is 24.5 Å². The molecular formula is C43H74Fe. The summed E-state index contributed by atoms with van der Waals surface area (Å²) in [4.78, 5) is 0. The maximum Gasteiger partial charge on any atom is 2.00 e. The first-order valence-electron chi connectivity index (χ1n) is 18.0. The zero-order valence-electron chi connectivity index (χ0n) is 31.7. The summed E-state index contributed by atoms with van der Waals surface area (Å²) in [6.07, 6.45) is 30.3. The Morgan fingerprint density at radius 2 is 1.34 bits per heavy atom. The zero-order chi connectivity index (χ0) is 31.3. The molecule has 0 aliphatic heterocycles. The Balaban J connectivity index is 0.000000399. The second kappa shape index (κ2) is 17.0. The van der Waals surface area contributed by atoms with Gasteiger partial charge in [-0.2, -0.15) is 12.3 Å². The number of rotatable bonds is 0. The van der Waals surface area contributed by atoms with Crippen molar-refractivity contribution in [1.82, 2.24) is 0 Å². The molecule has 4 bridgehead atoms. The second-order valence-electron chi connectivity index (χ2n) is 18.7. The molecule has 2 fully saturated rings. The van der Waals surface area contributed by atoms with Crippen molar-refractivity contribution in [3.05, 3.63) is 60.4 Å². The van der Waals surface area contributed by atoms with Crippen LogP contribution in [0, 0.1) is 59.2 Å². The molecule has 0 aromatic carbocycles. The minimum atomic E-state index is 0. The molecule has 8 rings (SSSR count). The monoisotopic (exact) mass is 647 g/mol. The van der Waals surface area contributed by atoms with Crippen LogP contribution in [0.1, 0.15) is 167 Å². The minimum absolute atomic E-state index is 0. The predicted octanol–water partition coefficient (Wildman–Crippen LogP) is 14.1. The molecule has 254 valence electrons. The fraction of sp³-hybridized carbons (Fsp3) is 0.767. The molecule has 8 aliphatic carbocycles. The first-order valence-corrected chi connectivity index (χ1v) is 18.0. The zero-order valence-corrected chi connectivity index (χ0v) is 32.8. The fourth-order valence-electron chi connectivity index (χ4n) is 8.16. The van der Waals surface area contributed by atoms with E-state index in [1.807, 2.05) is 0 Å². The third-order valence-electron chi connectivity index (χ3n) is 11.1. The summed E-state index contributed by atoms with van der Waals surface area (Å²) in [6, 6.07) is 0. The summed E-state index contributed by atoms with van der Waals surface area (Å²) in [7, 11) is 0. The SMILES string of the molecule is CC(C)(C)C1=CC2=CC[C@@H]1CC[C@@H]1C=CC(=C(C(C)(C)C)C1)CC2.CC(C)(C)C1CCCC1.CC(C)(C)C1[CH-]CCC1.[CH3-].[Fe+2]. The maximum absolute atomic E-state index is 2.56.